The lowest BCUT2D eigenvalue weighted by Gasteiger charge is -2.23. The number of hydrogen-bond donors (Lipinski definition) is 1. The summed E-state index contributed by atoms with van der Waals surface area (Å²) in [5.41, 5.74) is 1.47. The van der Waals surface area contributed by atoms with Gasteiger partial charge in [0.1, 0.15) is 4.83 Å². The number of nitrogens with zero attached hydrogens (tertiary/aromatic N) is 3. The van der Waals surface area contributed by atoms with Crippen LogP contribution in [-0.2, 0) is 4.79 Å². The van der Waals surface area contributed by atoms with Crippen LogP contribution in [0.15, 0.2) is 45.7 Å². The molecule has 8 heteroatoms. The zero-order valence-electron chi connectivity index (χ0n) is 15.7. The molecule has 3 aromatic rings. The van der Waals surface area contributed by atoms with E-state index < -0.39 is 0 Å². The van der Waals surface area contributed by atoms with E-state index in [4.69, 9.17) is 5.84 Å². The zero-order chi connectivity index (χ0) is 19.7. The van der Waals surface area contributed by atoms with E-state index in [0.29, 0.717) is 15.4 Å². The number of thioether (sulfide) groups is 1. The highest BCUT2D eigenvalue weighted by Crippen LogP contribution is 2.33. The van der Waals surface area contributed by atoms with Crippen molar-refractivity contribution < 1.29 is 4.79 Å². The molecule has 0 aliphatic rings. The Morgan fingerprint density at radius 1 is 1.26 bits per heavy atom. The third-order valence-electron chi connectivity index (χ3n) is 4.21. The first kappa shape index (κ1) is 19.4. The van der Waals surface area contributed by atoms with Gasteiger partial charge in [-0.3, -0.25) is 9.59 Å². The molecule has 142 valence electrons. The van der Waals surface area contributed by atoms with E-state index in [1.54, 1.807) is 19.0 Å². The van der Waals surface area contributed by atoms with Crippen LogP contribution < -0.4 is 11.4 Å². The molecule has 1 aromatic carbocycles. The van der Waals surface area contributed by atoms with Crippen LogP contribution in [0.5, 0.6) is 0 Å². The molecule has 1 amide bonds. The number of nitrogen functional groups attached to an aromatic ring is 1. The number of rotatable bonds is 5. The van der Waals surface area contributed by atoms with Crippen molar-refractivity contribution in [3.63, 3.8) is 0 Å². The van der Waals surface area contributed by atoms with E-state index >= 15 is 0 Å². The Kier molecular flexibility index (Phi) is 5.57. The second-order valence-electron chi connectivity index (χ2n) is 6.78. The highest BCUT2D eigenvalue weighted by Gasteiger charge is 2.27. The van der Waals surface area contributed by atoms with Crippen LogP contribution >= 0.6 is 23.1 Å². The van der Waals surface area contributed by atoms with Crippen LogP contribution in [0.4, 0.5) is 0 Å². The molecule has 2 heterocycles. The fourth-order valence-corrected chi connectivity index (χ4v) is 4.88. The van der Waals surface area contributed by atoms with Gasteiger partial charge < -0.3 is 10.7 Å². The van der Waals surface area contributed by atoms with E-state index in [1.807, 2.05) is 49.6 Å². The summed E-state index contributed by atoms with van der Waals surface area (Å²) in [5, 5.41) is 2.42. The largest absolute Gasteiger partial charge is 0.348 e. The van der Waals surface area contributed by atoms with Crippen molar-refractivity contribution in [2.75, 3.05) is 19.9 Å². The standard InChI is InChI=1S/C19H22N4O2S2/c1-11(2)15(18(25)22(3)4)27-19-21-16-14(17(24)23(19)20)13(10-26-16)12-8-6-5-7-9-12/h5-11,15H,20H2,1-4H3. The Morgan fingerprint density at radius 3 is 2.52 bits per heavy atom. The lowest BCUT2D eigenvalue weighted by Crippen LogP contribution is -2.36. The number of benzene rings is 1. The molecule has 3 rings (SSSR count). The molecule has 0 aliphatic heterocycles. The lowest BCUT2D eigenvalue weighted by atomic mass is 10.1. The average molecular weight is 403 g/mol. The van der Waals surface area contributed by atoms with Gasteiger partial charge in [0.25, 0.3) is 5.56 Å². The van der Waals surface area contributed by atoms with Crippen molar-refractivity contribution in [1.29, 1.82) is 0 Å². The van der Waals surface area contributed by atoms with Gasteiger partial charge in [0.15, 0.2) is 5.16 Å². The summed E-state index contributed by atoms with van der Waals surface area (Å²) in [7, 11) is 3.44. The molecule has 2 N–H and O–H groups in total. The van der Waals surface area contributed by atoms with Gasteiger partial charge in [-0.15, -0.1) is 11.3 Å². The van der Waals surface area contributed by atoms with Crippen LogP contribution in [0, 0.1) is 5.92 Å². The fourth-order valence-electron chi connectivity index (χ4n) is 2.74. The van der Waals surface area contributed by atoms with Crippen LogP contribution in [-0.4, -0.2) is 39.8 Å². The third kappa shape index (κ3) is 3.72. The summed E-state index contributed by atoms with van der Waals surface area (Å²) >= 11 is 2.64. The number of carbonyl (C=O) groups is 1. The average Bonchev–Trinajstić information content (AvgIpc) is 3.07. The van der Waals surface area contributed by atoms with Crippen LogP contribution in [0.3, 0.4) is 0 Å². The Bertz CT molecular complexity index is 1030. The maximum Gasteiger partial charge on any atom is 0.282 e. The van der Waals surface area contributed by atoms with Crippen molar-refractivity contribution in [1.82, 2.24) is 14.6 Å². The molecule has 1 atom stereocenters. The molecule has 0 aliphatic carbocycles. The fraction of sp³-hybridized carbons (Fsp3) is 0.316. The van der Waals surface area contributed by atoms with Crippen LogP contribution in [0.2, 0.25) is 0 Å². The first-order valence-corrected chi connectivity index (χ1v) is 10.3. The van der Waals surface area contributed by atoms with Gasteiger partial charge in [-0.05, 0) is 11.5 Å². The number of thiophene rings is 1. The van der Waals surface area contributed by atoms with Crippen LogP contribution in [0.25, 0.3) is 21.3 Å². The van der Waals surface area contributed by atoms with Crippen molar-refractivity contribution in [3.8, 4) is 11.1 Å². The van der Waals surface area contributed by atoms with Crippen LogP contribution in [0.1, 0.15) is 13.8 Å². The Labute approximate surface area is 166 Å². The molecule has 6 nitrogen and oxygen atoms in total. The molecular formula is C19H22N4O2S2. The number of hydrogen-bond acceptors (Lipinski definition) is 6. The number of amides is 1. The monoisotopic (exact) mass is 402 g/mol. The predicted molar refractivity (Wildman–Crippen MR) is 113 cm³/mol. The van der Waals surface area contributed by atoms with E-state index in [9.17, 15) is 9.59 Å². The minimum atomic E-state index is -0.368. The summed E-state index contributed by atoms with van der Waals surface area (Å²) < 4.78 is 1.06. The van der Waals surface area contributed by atoms with Gasteiger partial charge in [0.05, 0.1) is 10.6 Å². The molecule has 0 saturated heterocycles. The number of fused-ring (bicyclic) bond motifs is 1. The summed E-state index contributed by atoms with van der Waals surface area (Å²) in [6, 6.07) is 9.69. The SMILES string of the molecule is CC(C)C(Sc1nc2scc(-c3ccccc3)c2c(=O)n1N)C(=O)N(C)C. The second kappa shape index (κ2) is 7.74. The summed E-state index contributed by atoms with van der Waals surface area (Å²) in [5.74, 6) is 6.12. The molecule has 27 heavy (non-hydrogen) atoms. The van der Waals surface area contributed by atoms with E-state index in [0.717, 1.165) is 15.8 Å². The number of nitrogens with two attached hydrogens (primary N) is 1. The van der Waals surface area contributed by atoms with E-state index in [-0.39, 0.29) is 22.6 Å². The quantitative estimate of drug-likeness (QED) is 0.403. The molecule has 0 bridgehead atoms. The van der Waals surface area contributed by atoms with Gasteiger partial charge >= 0.3 is 0 Å². The summed E-state index contributed by atoms with van der Waals surface area (Å²) in [4.78, 5) is 32.2. The first-order chi connectivity index (χ1) is 12.8. The van der Waals surface area contributed by atoms with Gasteiger partial charge in [0, 0.05) is 25.0 Å². The summed E-state index contributed by atoms with van der Waals surface area (Å²) in [6.07, 6.45) is 0. The summed E-state index contributed by atoms with van der Waals surface area (Å²) in [6.45, 7) is 3.93. The van der Waals surface area contributed by atoms with Gasteiger partial charge in [0.2, 0.25) is 5.91 Å². The minimum Gasteiger partial charge on any atom is -0.348 e. The van der Waals surface area contributed by atoms with Gasteiger partial charge in [-0.1, -0.05) is 55.9 Å². The molecule has 0 radical (unpaired) electrons. The Hall–Kier alpha value is -2.32. The van der Waals surface area contributed by atoms with E-state index in [2.05, 4.69) is 4.98 Å². The maximum atomic E-state index is 13.0. The van der Waals surface area contributed by atoms with Crippen molar-refractivity contribution in [2.24, 2.45) is 5.92 Å². The lowest BCUT2D eigenvalue weighted by molar-refractivity contribution is -0.128. The van der Waals surface area contributed by atoms with E-state index in [1.165, 1.54) is 23.1 Å². The highest BCUT2D eigenvalue weighted by atomic mass is 32.2. The smallest absolute Gasteiger partial charge is 0.282 e. The maximum absolute atomic E-state index is 13.0. The third-order valence-corrected chi connectivity index (χ3v) is 6.59. The molecule has 1 unspecified atom stereocenters. The number of aromatic nitrogens is 2. The topological polar surface area (TPSA) is 81.2 Å². The normalized spacial score (nSPS) is 12.5. The van der Waals surface area contributed by atoms with Gasteiger partial charge in [-0.2, -0.15) is 0 Å². The predicted octanol–water partition coefficient (Wildman–Crippen LogP) is 3.04. The van der Waals surface area contributed by atoms with Gasteiger partial charge in [-0.25, -0.2) is 9.66 Å². The van der Waals surface area contributed by atoms with Crippen molar-refractivity contribution >= 4 is 39.2 Å². The van der Waals surface area contributed by atoms with Crippen molar-refractivity contribution in [2.45, 2.75) is 24.3 Å². The minimum absolute atomic E-state index is 0.0273. The van der Waals surface area contributed by atoms with Crippen molar-refractivity contribution in [3.05, 3.63) is 46.1 Å². The molecule has 0 spiro atoms. The molecular weight excluding hydrogens is 380 g/mol. The Morgan fingerprint density at radius 2 is 1.93 bits per heavy atom. The zero-order valence-corrected chi connectivity index (χ0v) is 17.3. The first-order valence-electron chi connectivity index (χ1n) is 8.53. The number of carbonyl (C=O) groups excluding carboxylic acids is 1. The highest BCUT2D eigenvalue weighted by molar-refractivity contribution is 8.00. The molecule has 0 fully saturated rings. The second-order valence-corrected chi connectivity index (χ2v) is 8.75. The molecule has 2 aromatic heterocycles. The Balaban J connectivity index is 2.08. The molecule has 0 saturated carbocycles.